The fourth-order valence-corrected chi connectivity index (χ4v) is 9.11. The number of fused-ring (bicyclic) bond motifs is 5. The van der Waals surface area contributed by atoms with E-state index in [-0.39, 0.29) is 10.5 Å². The first-order valence-electron chi connectivity index (χ1n) is 13.0. The summed E-state index contributed by atoms with van der Waals surface area (Å²) in [5.74, 6) is 2.62. The molecule has 4 aliphatic carbocycles. The molecule has 0 spiro atoms. The Balaban J connectivity index is 1.55. The monoisotopic (exact) mass is 444 g/mol. The molecule has 0 saturated heterocycles. The number of allylic oxidation sites excluding steroid dienone is 3. The first-order valence-corrected chi connectivity index (χ1v) is 15.9. The summed E-state index contributed by atoms with van der Waals surface area (Å²) in [7, 11) is -1.72. The van der Waals surface area contributed by atoms with Crippen LogP contribution >= 0.6 is 0 Å². The van der Waals surface area contributed by atoms with Gasteiger partial charge in [-0.3, -0.25) is 0 Å². The topological polar surface area (TPSA) is 29.5 Å². The third-order valence-corrected chi connectivity index (χ3v) is 15.3. The predicted molar refractivity (Wildman–Crippen MR) is 133 cm³/mol. The smallest absolute Gasteiger partial charge is 0.192 e. The van der Waals surface area contributed by atoms with Crippen molar-refractivity contribution in [2.45, 2.75) is 111 Å². The van der Waals surface area contributed by atoms with Crippen molar-refractivity contribution < 1.29 is 9.53 Å². The largest absolute Gasteiger partial charge is 0.414 e. The molecule has 0 aliphatic heterocycles. The van der Waals surface area contributed by atoms with Gasteiger partial charge in [0.1, 0.15) is 0 Å². The Kier molecular flexibility index (Phi) is 6.01. The number of hydrogen-bond donors (Lipinski definition) is 1. The van der Waals surface area contributed by atoms with E-state index in [1.54, 1.807) is 11.1 Å². The molecular formula is C28H48O2Si. The molecule has 4 rings (SSSR count). The summed E-state index contributed by atoms with van der Waals surface area (Å²) in [5, 5.41) is 10.1. The normalized spacial score (nSPS) is 41.6. The summed E-state index contributed by atoms with van der Waals surface area (Å²) >= 11 is 0. The second-order valence-corrected chi connectivity index (χ2v) is 18.2. The molecule has 31 heavy (non-hydrogen) atoms. The first kappa shape index (κ1) is 23.8. The quantitative estimate of drug-likeness (QED) is 0.359. The molecule has 0 aromatic carbocycles. The summed E-state index contributed by atoms with van der Waals surface area (Å²) < 4.78 is 6.87. The molecule has 0 unspecified atom stereocenters. The lowest BCUT2D eigenvalue weighted by molar-refractivity contribution is 0.0453. The Morgan fingerprint density at radius 3 is 2.52 bits per heavy atom. The van der Waals surface area contributed by atoms with Crippen molar-refractivity contribution in [3.05, 3.63) is 23.3 Å². The third-order valence-electron chi connectivity index (χ3n) is 10.8. The van der Waals surface area contributed by atoms with Gasteiger partial charge in [-0.25, -0.2) is 0 Å². The summed E-state index contributed by atoms with van der Waals surface area (Å²) in [4.78, 5) is 0. The minimum Gasteiger partial charge on any atom is -0.414 e. The predicted octanol–water partition coefficient (Wildman–Crippen LogP) is 7.50. The zero-order valence-electron chi connectivity index (χ0n) is 21.6. The molecule has 0 aromatic rings. The van der Waals surface area contributed by atoms with Crippen molar-refractivity contribution in [2.24, 2.45) is 34.5 Å². The van der Waals surface area contributed by atoms with Gasteiger partial charge in [-0.2, -0.15) is 0 Å². The zero-order valence-corrected chi connectivity index (χ0v) is 22.6. The Labute approximate surface area is 193 Å². The summed E-state index contributed by atoms with van der Waals surface area (Å²) in [6.45, 7) is 19.6. The van der Waals surface area contributed by atoms with Gasteiger partial charge in [-0.1, -0.05) is 64.8 Å². The molecule has 2 saturated carbocycles. The van der Waals surface area contributed by atoms with Crippen LogP contribution in [-0.4, -0.2) is 26.1 Å². The van der Waals surface area contributed by atoms with E-state index in [1.165, 1.54) is 38.5 Å². The highest BCUT2D eigenvalue weighted by atomic mass is 28.4. The van der Waals surface area contributed by atoms with Gasteiger partial charge < -0.3 is 9.53 Å². The molecule has 7 atom stereocenters. The Bertz CT molecular complexity index is 759. The van der Waals surface area contributed by atoms with Gasteiger partial charge >= 0.3 is 0 Å². The van der Waals surface area contributed by atoms with Gasteiger partial charge in [0.05, 0.1) is 0 Å². The van der Waals surface area contributed by atoms with E-state index in [0.717, 1.165) is 18.3 Å². The second-order valence-electron chi connectivity index (χ2n) is 13.5. The van der Waals surface area contributed by atoms with Crippen LogP contribution in [0.2, 0.25) is 18.1 Å². The van der Waals surface area contributed by atoms with Crippen LogP contribution in [0.5, 0.6) is 0 Å². The molecule has 0 bridgehead atoms. The maximum Gasteiger partial charge on any atom is 0.192 e. The molecule has 4 aliphatic rings. The molecule has 0 amide bonds. The highest BCUT2D eigenvalue weighted by Gasteiger charge is 2.56. The molecule has 2 fully saturated rings. The van der Waals surface area contributed by atoms with Crippen LogP contribution in [0.25, 0.3) is 0 Å². The first-order chi connectivity index (χ1) is 14.3. The number of aliphatic hydroxyl groups is 1. The van der Waals surface area contributed by atoms with Crippen molar-refractivity contribution in [1.29, 1.82) is 0 Å². The van der Waals surface area contributed by atoms with Crippen molar-refractivity contribution in [1.82, 2.24) is 0 Å². The van der Waals surface area contributed by atoms with E-state index in [0.29, 0.717) is 30.0 Å². The standard InChI is InChI=1S/C28H48O2Si/c1-19(18-29)23-11-12-24-22-10-9-20-17-21(30-31(7,8)26(2,3)4)13-15-27(20,5)25(22)14-16-28(23,24)6/h9,14,19,21-24,29H,10-13,15-18H2,1-8H3/t19-,21+,22+,23-,24+,27+,28-/m1/s1. The minimum atomic E-state index is -1.72. The van der Waals surface area contributed by atoms with Gasteiger partial charge in [0, 0.05) is 18.1 Å². The van der Waals surface area contributed by atoms with Gasteiger partial charge in [-0.05, 0) is 92.2 Å². The number of hydrogen-bond acceptors (Lipinski definition) is 2. The molecule has 3 heteroatoms. The van der Waals surface area contributed by atoms with Crippen LogP contribution < -0.4 is 0 Å². The Morgan fingerprint density at radius 2 is 1.87 bits per heavy atom. The van der Waals surface area contributed by atoms with Gasteiger partial charge in [0.2, 0.25) is 0 Å². The summed E-state index contributed by atoms with van der Waals surface area (Å²) in [6.07, 6.45) is 14.4. The van der Waals surface area contributed by atoms with Crippen molar-refractivity contribution in [2.75, 3.05) is 6.61 Å². The lowest BCUT2D eigenvalue weighted by atomic mass is 9.51. The van der Waals surface area contributed by atoms with E-state index >= 15 is 0 Å². The Morgan fingerprint density at radius 1 is 1.16 bits per heavy atom. The van der Waals surface area contributed by atoms with E-state index in [2.05, 4.69) is 66.8 Å². The lowest BCUT2D eigenvalue weighted by Gasteiger charge is -2.54. The van der Waals surface area contributed by atoms with Crippen molar-refractivity contribution in [3.8, 4) is 0 Å². The van der Waals surface area contributed by atoms with Crippen LogP contribution in [0.1, 0.15) is 86.5 Å². The Hall–Kier alpha value is -0.383. The van der Waals surface area contributed by atoms with Crippen LogP contribution in [0.3, 0.4) is 0 Å². The molecule has 2 nitrogen and oxygen atoms in total. The minimum absolute atomic E-state index is 0.262. The van der Waals surface area contributed by atoms with Crippen LogP contribution in [0.15, 0.2) is 23.3 Å². The van der Waals surface area contributed by atoms with Gasteiger partial charge in [-0.15, -0.1) is 0 Å². The summed E-state index contributed by atoms with van der Waals surface area (Å²) in [6, 6.07) is 0. The van der Waals surface area contributed by atoms with Crippen LogP contribution in [-0.2, 0) is 4.43 Å². The molecular weight excluding hydrogens is 396 g/mol. The third kappa shape index (κ3) is 3.75. The van der Waals surface area contributed by atoms with Crippen molar-refractivity contribution in [3.63, 3.8) is 0 Å². The molecule has 0 heterocycles. The van der Waals surface area contributed by atoms with E-state index < -0.39 is 8.32 Å². The van der Waals surface area contributed by atoms with Gasteiger partial charge in [0.25, 0.3) is 0 Å². The SMILES string of the molecule is C[C@H](CO)[C@H]1CC[C@H]2[C@@H]3CC=C4C[C@@H](O[Si](C)(C)C(C)(C)C)CC[C@]4(C)C3=CC[C@]12C. The molecule has 176 valence electrons. The van der Waals surface area contributed by atoms with Gasteiger partial charge in [0.15, 0.2) is 8.32 Å². The molecule has 0 radical (unpaired) electrons. The maximum atomic E-state index is 9.85. The van der Waals surface area contributed by atoms with E-state index in [4.69, 9.17) is 4.43 Å². The number of aliphatic hydroxyl groups excluding tert-OH is 1. The van der Waals surface area contributed by atoms with Crippen molar-refractivity contribution >= 4 is 8.32 Å². The zero-order chi connectivity index (χ0) is 22.8. The summed E-state index contributed by atoms with van der Waals surface area (Å²) in [5.41, 5.74) is 4.08. The molecule has 0 aromatic heterocycles. The molecule has 1 N–H and O–H groups in total. The fourth-order valence-electron chi connectivity index (χ4n) is 7.73. The van der Waals surface area contributed by atoms with Crippen LogP contribution in [0.4, 0.5) is 0 Å². The average molecular weight is 445 g/mol. The average Bonchev–Trinajstić information content (AvgIpc) is 3.04. The van der Waals surface area contributed by atoms with E-state index in [9.17, 15) is 5.11 Å². The lowest BCUT2D eigenvalue weighted by Crippen LogP contribution is -2.48. The van der Waals surface area contributed by atoms with E-state index in [1.807, 2.05) is 0 Å². The highest BCUT2D eigenvalue weighted by Crippen LogP contribution is 2.65. The highest BCUT2D eigenvalue weighted by molar-refractivity contribution is 6.74. The maximum absolute atomic E-state index is 9.85. The van der Waals surface area contributed by atoms with Crippen LogP contribution in [0, 0.1) is 34.5 Å². The number of rotatable bonds is 4. The fraction of sp³-hybridized carbons (Fsp3) is 0.857. The second kappa shape index (κ2) is 7.84.